The minimum absolute atomic E-state index is 0.128. The van der Waals surface area contributed by atoms with Gasteiger partial charge in [-0.25, -0.2) is 4.98 Å². The zero-order valence-electron chi connectivity index (χ0n) is 18.6. The van der Waals surface area contributed by atoms with E-state index in [0.29, 0.717) is 11.3 Å². The Hall–Kier alpha value is -1.87. The van der Waals surface area contributed by atoms with Gasteiger partial charge in [-0.1, -0.05) is 50.6 Å². The maximum Gasteiger partial charge on any atom is 0.100 e. The molecule has 0 bridgehead atoms. The molecule has 0 amide bonds. The van der Waals surface area contributed by atoms with Crippen molar-refractivity contribution in [2.75, 3.05) is 0 Å². The van der Waals surface area contributed by atoms with E-state index >= 15 is 0 Å². The number of benzene rings is 1. The van der Waals surface area contributed by atoms with Crippen LogP contribution in [0.1, 0.15) is 65.7 Å². The summed E-state index contributed by atoms with van der Waals surface area (Å²) < 4.78 is 2.38. The molecule has 6 atom stereocenters. The molecule has 30 heavy (non-hydrogen) atoms. The van der Waals surface area contributed by atoms with Crippen LogP contribution in [0.4, 0.5) is 0 Å². The second-order valence-electron chi connectivity index (χ2n) is 11.2. The molecule has 0 saturated heterocycles. The summed E-state index contributed by atoms with van der Waals surface area (Å²) in [5.41, 5.74) is 6.14. The number of aliphatic hydroxyl groups is 1. The van der Waals surface area contributed by atoms with E-state index in [2.05, 4.69) is 61.8 Å². The van der Waals surface area contributed by atoms with Crippen LogP contribution in [0, 0.1) is 28.1 Å². The summed E-state index contributed by atoms with van der Waals surface area (Å²) in [5, 5.41) is 10.3. The Morgan fingerprint density at radius 2 is 1.80 bits per heavy atom. The van der Waals surface area contributed by atoms with Gasteiger partial charge in [-0.05, 0) is 79.7 Å². The van der Waals surface area contributed by atoms with Gasteiger partial charge in [-0.3, -0.25) is 0 Å². The zero-order chi connectivity index (χ0) is 20.7. The SMILES string of the molecule is C[C@@]12CC=C3C[C@@H](O)CC[C@]3(C)[C@H]1CC[C@]1(C)C(n3cnc4ccccc43)=CC[C@@H]21. The maximum atomic E-state index is 10.3. The molecule has 0 spiro atoms. The standard InChI is InChI=1S/C27H34N2O/c1-25-14-11-19(30)16-18(25)10-13-26(2)22-8-9-24(27(22,3)15-12-23(25)26)29-17-28-20-6-4-5-7-21(20)29/h4-7,9-10,17,19,22-23,30H,8,11-16H2,1-3H3/t19-,22-,23+,25-,26-,27-/m0/s1. The fourth-order valence-corrected chi connectivity index (χ4v) is 8.35. The zero-order valence-corrected chi connectivity index (χ0v) is 18.6. The fourth-order valence-electron chi connectivity index (χ4n) is 8.35. The monoisotopic (exact) mass is 402 g/mol. The Balaban J connectivity index is 1.40. The van der Waals surface area contributed by atoms with Crippen molar-refractivity contribution in [2.45, 2.75) is 71.8 Å². The topological polar surface area (TPSA) is 38.0 Å². The van der Waals surface area contributed by atoms with E-state index < -0.39 is 0 Å². The molecular formula is C27H34N2O. The van der Waals surface area contributed by atoms with E-state index in [1.807, 2.05) is 6.33 Å². The number of aromatic nitrogens is 2. The van der Waals surface area contributed by atoms with Crippen LogP contribution in [0.2, 0.25) is 0 Å². The molecular weight excluding hydrogens is 368 g/mol. The lowest BCUT2D eigenvalue weighted by Gasteiger charge is -2.63. The molecule has 2 saturated carbocycles. The Morgan fingerprint density at radius 3 is 2.67 bits per heavy atom. The van der Waals surface area contributed by atoms with Crippen molar-refractivity contribution in [2.24, 2.45) is 28.1 Å². The Kier molecular flexibility index (Phi) is 3.83. The second kappa shape index (κ2) is 6.09. The van der Waals surface area contributed by atoms with Gasteiger partial charge in [0.1, 0.15) is 6.33 Å². The summed E-state index contributed by atoms with van der Waals surface area (Å²) >= 11 is 0. The smallest absolute Gasteiger partial charge is 0.100 e. The molecule has 1 N–H and O–H groups in total. The number of imidazole rings is 1. The van der Waals surface area contributed by atoms with Crippen molar-refractivity contribution >= 4 is 16.7 Å². The number of hydrogen-bond donors (Lipinski definition) is 1. The van der Waals surface area contributed by atoms with Gasteiger partial charge in [0.15, 0.2) is 0 Å². The Bertz CT molecular complexity index is 1080. The fraction of sp³-hybridized carbons (Fsp3) is 0.593. The van der Waals surface area contributed by atoms with E-state index in [1.54, 1.807) is 5.57 Å². The third-order valence-corrected chi connectivity index (χ3v) is 9.90. The molecule has 2 aromatic rings. The van der Waals surface area contributed by atoms with Gasteiger partial charge in [0.05, 0.1) is 17.1 Å². The number of aliphatic hydroxyl groups excluding tert-OH is 1. The quantitative estimate of drug-likeness (QED) is 0.577. The molecule has 158 valence electrons. The van der Waals surface area contributed by atoms with Crippen LogP contribution in [0.15, 0.2) is 48.3 Å². The number of hydrogen-bond acceptors (Lipinski definition) is 2. The molecule has 0 unspecified atom stereocenters. The Morgan fingerprint density at radius 1 is 1.00 bits per heavy atom. The third-order valence-electron chi connectivity index (χ3n) is 9.90. The molecule has 4 aliphatic carbocycles. The normalized spacial score (nSPS) is 42.9. The van der Waals surface area contributed by atoms with Crippen LogP contribution in [-0.4, -0.2) is 20.8 Å². The number of fused-ring (bicyclic) bond motifs is 6. The average Bonchev–Trinajstić information content (AvgIpc) is 3.30. The molecule has 0 aliphatic heterocycles. The van der Waals surface area contributed by atoms with Gasteiger partial charge < -0.3 is 9.67 Å². The highest BCUT2D eigenvalue weighted by molar-refractivity contribution is 5.80. The molecule has 1 aromatic carbocycles. The average molecular weight is 403 g/mol. The first-order valence-electron chi connectivity index (χ1n) is 11.9. The highest BCUT2D eigenvalue weighted by atomic mass is 16.3. The summed E-state index contributed by atoms with van der Waals surface area (Å²) in [4.78, 5) is 4.69. The lowest BCUT2D eigenvalue weighted by Crippen LogP contribution is -2.55. The summed E-state index contributed by atoms with van der Waals surface area (Å²) in [6.07, 6.45) is 14.9. The highest BCUT2D eigenvalue weighted by Crippen LogP contribution is 2.70. The van der Waals surface area contributed by atoms with Gasteiger partial charge in [-0.15, -0.1) is 0 Å². The van der Waals surface area contributed by atoms with E-state index in [1.165, 1.54) is 36.9 Å². The van der Waals surface area contributed by atoms with E-state index in [4.69, 9.17) is 4.98 Å². The Labute approximate surface area is 179 Å². The van der Waals surface area contributed by atoms with Crippen LogP contribution in [0.5, 0.6) is 0 Å². The van der Waals surface area contributed by atoms with E-state index in [9.17, 15) is 5.11 Å². The van der Waals surface area contributed by atoms with Crippen LogP contribution in [0.25, 0.3) is 16.7 Å². The molecule has 2 fully saturated rings. The first-order chi connectivity index (χ1) is 14.4. The van der Waals surface area contributed by atoms with Crippen molar-refractivity contribution in [3.63, 3.8) is 0 Å². The lowest BCUT2D eigenvalue weighted by atomic mass is 9.42. The van der Waals surface area contributed by atoms with Crippen LogP contribution >= 0.6 is 0 Å². The largest absolute Gasteiger partial charge is 0.393 e. The minimum Gasteiger partial charge on any atom is -0.393 e. The van der Waals surface area contributed by atoms with E-state index in [0.717, 1.165) is 30.7 Å². The molecule has 1 heterocycles. The molecule has 3 heteroatoms. The highest BCUT2D eigenvalue weighted by Gasteiger charge is 2.62. The molecule has 6 rings (SSSR count). The second-order valence-corrected chi connectivity index (χ2v) is 11.2. The summed E-state index contributed by atoms with van der Waals surface area (Å²) in [5.74, 6) is 1.39. The summed E-state index contributed by atoms with van der Waals surface area (Å²) in [6, 6.07) is 8.52. The number of para-hydroxylation sites is 2. The molecule has 0 radical (unpaired) electrons. The number of rotatable bonds is 1. The van der Waals surface area contributed by atoms with Gasteiger partial charge in [-0.2, -0.15) is 0 Å². The molecule has 3 nitrogen and oxygen atoms in total. The predicted molar refractivity (Wildman–Crippen MR) is 122 cm³/mol. The van der Waals surface area contributed by atoms with E-state index in [-0.39, 0.29) is 16.9 Å². The molecule has 1 aromatic heterocycles. The van der Waals surface area contributed by atoms with Crippen LogP contribution in [-0.2, 0) is 0 Å². The number of allylic oxidation sites excluding steroid dienone is 3. The van der Waals surface area contributed by atoms with Gasteiger partial charge in [0.2, 0.25) is 0 Å². The van der Waals surface area contributed by atoms with Crippen LogP contribution < -0.4 is 0 Å². The maximum absolute atomic E-state index is 10.3. The molecule has 4 aliphatic rings. The third kappa shape index (κ3) is 2.28. The first kappa shape index (κ1) is 18.9. The van der Waals surface area contributed by atoms with Crippen molar-refractivity contribution < 1.29 is 5.11 Å². The first-order valence-corrected chi connectivity index (χ1v) is 11.9. The van der Waals surface area contributed by atoms with Gasteiger partial charge >= 0.3 is 0 Å². The lowest BCUT2D eigenvalue weighted by molar-refractivity contribution is -0.0886. The van der Waals surface area contributed by atoms with Gasteiger partial charge in [0.25, 0.3) is 0 Å². The van der Waals surface area contributed by atoms with Crippen LogP contribution in [0.3, 0.4) is 0 Å². The van der Waals surface area contributed by atoms with Crippen molar-refractivity contribution in [1.82, 2.24) is 9.55 Å². The minimum atomic E-state index is -0.128. The predicted octanol–water partition coefficient (Wildman–Crippen LogP) is 6.20. The van der Waals surface area contributed by atoms with Crippen molar-refractivity contribution in [3.8, 4) is 0 Å². The van der Waals surface area contributed by atoms with Gasteiger partial charge in [0, 0.05) is 11.1 Å². The number of nitrogens with zero attached hydrogens (tertiary/aromatic N) is 2. The summed E-state index contributed by atoms with van der Waals surface area (Å²) in [7, 11) is 0. The van der Waals surface area contributed by atoms with Crippen molar-refractivity contribution in [3.05, 3.63) is 48.3 Å². The van der Waals surface area contributed by atoms with Crippen molar-refractivity contribution in [1.29, 1.82) is 0 Å². The summed E-state index contributed by atoms with van der Waals surface area (Å²) in [6.45, 7) is 7.63.